The molecule has 2 rings (SSSR count). The number of halogens is 5. The summed E-state index contributed by atoms with van der Waals surface area (Å²) < 4.78 is 57.8. The first-order chi connectivity index (χ1) is 8.97. The monoisotopic (exact) mass is 334 g/mol. The Hall–Kier alpha value is -1.56. The Bertz CT molecular complexity index is 616. The number of ether oxygens (including phenoxy) is 1. The average Bonchev–Trinajstić information content (AvgIpc) is 2.33. The molecule has 0 unspecified atom stereocenters. The predicted octanol–water partition coefficient (Wildman–Crippen LogP) is 4.58. The van der Waals surface area contributed by atoms with E-state index in [1.54, 1.807) is 0 Å². The zero-order valence-corrected chi connectivity index (χ0v) is 11.0. The highest BCUT2D eigenvalue weighted by molar-refractivity contribution is 9.10. The van der Waals surface area contributed by atoms with Gasteiger partial charge in [0.2, 0.25) is 5.82 Å². The normalized spacial score (nSPS) is 10.6. The summed E-state index contributed by atoms with van der Waals surface area (Å²) in [6.07, 6.45) is 0. The molecule has 2 aromatic carbocycles. The zero-order chi connectivity index (χ0) is 14.0. The fourth-order valence-electron chi connectivity index (χ4n) is 1.43. The molecule has 0 spiro atoms. The minimum absolute atomic E-state index is 0.0428. The first-order valence-electron chi connectivity index (χ1n) is 5.18. The van der Waals surface area contributed by atoms with Gasteiger partial charge in [0.1, 0.15) is 18.2 Å². The maximum Gasteiger partial charge on any atom is 0.200 e. The summed E-state index contributed by atoms with van der Waals surface area (Å²) in [5.41, 5.74) is 0.0428. The maximum atomic E-state index is 13.4. The molecule has 0 radical (unpaired) electrons. The summed E-state index contributed by atoms with van der Waals surface area (Å²) in [6, 6.07) is 5.09. The molecule has 0 saturated heterocycles. The quantitative estimate of drug-likeness (QED) is 0.589. The van der Waals surface area contributed by atoms with Crippen LogP contribution >= 0.6 is 15.9 Å². The standard InChI is InChI=1S/C13H7BrF4O/c14-8-3-11(17)13(18)12(4-8)19-6-7-1-2-9(15)5-10(7)16/h1-5H,6H2. The molecule has 0 N–H and O–H groups in total. The SMILES string of the molecule is Fc1ccc(COc2cc(Br)cc(F)c2F)c(F)c1. The molecule has 0 fully saturated rings. The van der Waals surface area contributed by atoms with Crippen LogP contribution in [0, 0.1) is 23.3 Å². The van der Waals surface area contributed by atoms with E-state index in [2.05, 4.69) is 15.9 Å². The molecule has 2 aromatic rings. The van der Waals surface area contributed by atoms with E-state index in [4.69, 9.17) is 4.74 Å². The van der Waals surface area contributed by atoms with Crippen LogP contribution in [0.5, 0.6) is 5.75 Å². The third-order valence-electron chi connectivity index (χ3n) is 2.36. The predicted molar refractivity (Wildman–Crippen MR) is 64.7 cm³/mol. The fourth-order valence-corrected chi connectivity index (χ4v) is 1.84. The van der Waals surface area contributed by atoms with Gasteiger partial charge in [0.15, 0.2) is 11.6 Å². The minimum Gasteiger partial charge on any atom is -0.486 e. The first-order valence-corrected chi connectivity index (χ1v) is 5.98. The molecule has 6 heteroatoms. The molecule has 1 nitrogen and oxygen atoms in total. The maximum absolute atomic E-state index is 13.4. The van der Waals surface area contributed by atoms with Crippen molar-refractivity contribution >= 4 is 15.9 Å². The molecule has 0 heterocycles. The number of hydrogen-bond acceptors (Lipinski definition) is 1. The van der Waals surface area contributed by atoms with E-state index in [-0.39, 0.29) is 17.9 Å². The van der Waals surface area contributed by atoms with E-state index >= 15 is 0 Å². The average molecular weight is 335 g/mol. The van der Waals surface area contributed by atoms with E-state index in [0.717, 1.165) is 12.1 Å². The van der Waals surface area contributed by atoms with Crippen LogP contribution in [0.2, 0.25) is 0 Å². The Morgan fingerprint density at radius 1 is 0.947 bits per heavy atom. The zero-order valence-electron chi connectivity index (χ0n) is 9.39. The second kappa shape index (κ2) is 5.61. The highest BCUT2D eigenvalue weighted by Gasteiger charge is 2.12. The van der Waals surface area contributed by atoms with Gasteiger partial charge in [-0.05, 0) is 24.3 Å². The number of hydrogen-bond donors (Lipinski definition) is 0. The van der Waals surface area contributed by atoms with E-state index in [1.165, 1.54) is 12.1 Å². The van der Waals surface area contributed by atoms with Crippen LogP contribution in [0.25, 0.3) is 0 Å². The van der Waals surface area contributed by atoms with Gasteiger partial charge in [0, 0.05) is 16.1 Å². The summed E-state index contributed by atoms with van der Waals surface area (Å²) in [7, 11) is 0. The molecular weight excluding hydrogens is 328 g/mol. The summed E-state index contributed by atoms with van der Waals surface area (Å²) >= 11 is 2.99. The van der Waals surface area contributed by atoms with Crippen LogP contribution in [0.1, 0.15) is 5.56 Å². The van der Waals surface area contributed by atoms with Crippen LogP contribution in [0.15, 0.2) is 34.8 Å². The first kappa shape index (κ1) is 13.9. The van der Waals surface area contributed by atoms with Gasteiger partial charge in [-0.3, -0.25) is 0 Å². The molecule has 0 aromatic heterocycles. The molecule has 0 aliphatic heterocycles. The molecule has 0 amide bonds. The Morgan fingerprint density at radius 3 is 2.37 bits per heavy atom. The number of rotatable bonds is 3. The van der Waals surface area contributed by atoms with Crippen molar-refractivity contribution in [1.29, 1.82) is 0 Å². The van der Waals surface area contributed by atoms with E-state index < -0.39 is 23.3 Å². The second-order valence-electron chi connectivity index (χ2n) is 3.72. The Labute approximate surface area is 114 Å². The lowest BCUT2D eigenvalue weighted by atomic mass is 10.2. The van der Waals surface area contributed by atoms with Gasteiger partial charge in [-0.25, -0.2) is 13.2 Å². The third kappa shape index (κ3) is 3.26. The Balaban J connectivity index is 2.19. The Kier molecular flexibility index (Phi) is 4.09. The van der Waals surface area contributed by atoms with Crippen molar-refractivity contribution in [1.82, 2.24) is 0 Å². The van der Waals surface area contributed by atoms with E-state index in [9.17, 15) is 17.6 Å². The van der Waals surface area contributed by atoms with Crippen molar-refractivity contribution in [3.63, 3.8) is 0 Å². The van der Waals surface area contributed by atoms with Crippen molar-refractivity contribution in [2.24, 2.45) is 0 Å². The highest BCUT2D eigenvalue weighted by Crippen LogP contribution is 2.26. The highest BCUT2D eigenvalue weighted by atomic mass is 79.9. The van der Waals surface area contributed by atoms with Crippen LogP contribution in [-0.4, -0.2) is 0 Å². The number of benzene rings is 2. The lowest BCUT2D eigenvalue weighted by Crippen LogP contribution is -2.01. The van der Waals surface area contributed by atoms with Crippen LogP contribution in [0.3, 0.4) is 0 Å². The van der Waals surface area contributed by atoms with Gasteiger partial charge in [-0.15, -0.1) is 0 Å². The molecule has 100 valence electrons. The lowest BCUT2D eigenvalue weighted by molar-refractivity contribution is 0.279. The van der Waals surface area contributed by atoms with Crippen LogP contribution in [-0.2, 0) is 6.61 Å². The van der Waals surface area contributed by atoms with Crippen LogP contribution < -0.4 is 4.74 Å². The molecule has 0 aliphatic rings. The van der Waals surface area contributed by atoms with Crippen molar-refractivity contribution in [3.8, 4) is 5.75 Å². The summed E-state index contributed by atoms with van der Waals surface area (Å²) in [5.74, 6) is -4.12. The van der Waals surface area contributed by atoms with E-state index in [1.807, 2.05) is 0 Å². The smallest absolute Gasteiger partial charge is 0.200 e. The minimum atomic E-state index is -1.16. The molecule has 0 atom stereocenters. The van der Waals surface area contributed by atoms with Crippen molar-refractivity contribution in [3.05, 3.63) is 63.6 Å². The van der Waals surface area contributed by atoms with E-state index in [0.29, 0.717) is 10.5 Å². The Morgan fingerprint density at radius 2 is 1.68 bits per heavy atom. The van der Waals surface area contributed by atoms with Gasteiger partial charge < -0.3 is 4.74 Å². The molecule has 0 bridgehead atoms. The topological polar surface area (TPSA) is 9.23 Å². The molecule has 19 heavy (non-hydrogen) atoms. The molecular formula is C13H7BrF4O. The van der Waals surface area contributed by atoms with Crippen LogP contribution in [0.4, 0.5) is 17.6 Å². The molecule has 0 saturated carbocycles. The third-order valence-corrected chi connectivity index (χ3v) is 2.82. The van der Waals surface area contributed by atoms with Gasteiger partial charge in [0.05, 0.1) is 0 Å². The summed E-state index contributed by atoms with van der Waals surface area (Å²) in [4.78, 5) is 0. The fraction of sp³-hybridized carbons (Fsp3) is 0.0769. The van der Waals surface area contributed by atoms with Gasteiger partial charge in [-0.1, -0.05) is 15.9 Å². The van der Waals surface area contributed by atoms with Crippen molar-refractivity contribution < 1.29 is 22.3 Å². The largest absolute Gasteiger partial charge is 0.486 e. The van der Waals surface area contributed by atoms with Gasteiger partial charge in [0.25, 0.3) is 0 Å². The van der Waals surface area contributed by atoms with Gasteiger partial charge in [-0.2, -0.15) is 4.39 Å². The van der Waals surface area contributed by atoms with Gasteiger partial charge >= 0.3 is 0 Å². The second-order valence-corrected chi connectivity index (χ2v) is 4.64. The lowest BCUT2D eigenvalue weighted by Gasteiger charge is -2.09. The van der Waals surface area contributed by atoms with Crippen molar-refractivity contribution in [2.75, 3.05) is 0 Å². The van der Waals surface area contributed by atoms with Crippen molar-refractivity contribution in [2.45, 2.75) is 6.61 Å². The molecule has 0 aliphatic carbocycles. The summed E-state index contributed by atoms with van der Waals surface area (Å²) in [5, 5.41) is 0. The summed E-state index contributed by atoms with van der Waals surface area (Å²) in [6.45, 7) is -0.334.